The molecule has 11 heteroatoms. The standard InChI is InChI=1S/C25H31Cl2N7O2/c1-13-5-8-15(11-20(13)35)30-24-29-12-19-23(33-24)34(16-9-6-14(7-10-16)22(28)36)25(31-19)32-21-17(26)3-2-4-18(21)27/h2-4,12-16,20,35H,5-11H2,1H3,(H2,28,36)(H,31,32)(H,29,30,33)/t13-,14?,15-,16?,20-/m1/s1. The highest BCUT2D eigenvalue weighted by atomic mass is 35.5. The van der Waals surface area contributed by atoms with Crippen LogP contribution in [0.25, 0.3) is 11.2 Å². The van der Waals surface area contributed by atoms with Crippen molar-refractivity contribution in [2.24, 2.45) is 17.6 Å². The lowest BCUT2D eigenvalue weighted by Crippen LogP contribution is -2.35. The quantitative estimate of drug-likeness (QED) is 0.349. The first-order valence-electron chi connectivity index (χ1n) is 12.5. The van der Waals surface area contributed by atoms with E-state index >= 15 is 0 Å². The Morgan fingerprint density at radius 1 is 1.11 bits per heavy atom. The molecule has 3 aromatic rings. The zero-order valence-corrected chi connectivity index (χ0v) is 21.6. The number of carbonyl (C=O) groups is 1. The summed E-state index contributed by atoms with van der Waals surface area (Å²) in [7, 11) is 0. The molecule has 0 radical (unpaired) electrons. The smallest absolute Gasteiger partial charge is 0.224 e. The minimum Gasteiger partial charge on any atom is -0.393 e. The number of aliphatic hydroxyl groups is 1. The van der Waals surface area contributed by atoms with E-state index in [0.29, 0.717) is 64.0 Å². The maximum absolute atomic E-state index is 11.7. The van der Waals surface area contributed by atoms with Gasteiger partial charge in [-0.05, 0) is 63.0 Å². The molecule has 1 amide bonds. The van der Waals surface area contributed by atoms with Crippen LogP contribution in [0.4, 0.5) is 17.6 Å². The number of hydrogen-bond donors (Lipinski definition) is 4. The number of para-hydroxylation sites is 1. The zero-order chi connectivity index (χ0) is 25.4. The van der Waals surface area contributed by atoms with Crippen molar-refractivity contribution in [3.05, 3.63) is 34.4 Å². The van der Waals surface area contributed by atoms with E-state index in [1.54, 1.807) is 24.4 Å². The molecule has 36 heavy (non-hydrogen) atoms. The molecule has 0 aliphatic heterocycles. The Morgan fingerprint density at radius 2 is 1.83 bits per heavy atom. The van der Waals surface area contributed by atoms with Crippen LogP contribution >= 0.6 is 23.2 Å². The summed E-state index contributed by atoms with van der Waals surface area (Å²) in [6.07, 6.45) is 6.90. The third kappa shape index (κ3) is 5.10. The molecule has 192 valence electrons. The van der Waals surface area contributed by atoms with Crippen LogP contribution in [0.1, 0.15) is 57.9 Å². The number of hydrogen-bond acceptors (Lipinski definition) is 7. The first kappa shape index (κ1) is 25.0. The predicted molar refractivity (Wildman–Crippen MR) is 142 cm³/mol. The number of anilines is 3. The topological polar surface area (TPSA) is 131 Å². The Kier molecular flexibility index (Phi) is 7.23. The molecule has 0 bridgehead atoms. The van der Waals surface area contributed by atoms with Gasteiger partial charge in [0.1, 0.15) is 5.52 Å². The third-order valence-corrected chi connectivity index (χ3v) is 8.21. The number of benzene rings is 1. The Hall–Kier alpha value is -2.62. The first-order valence-corrected chi connectivity index (χ1v) is 13.3. The highest BCUT2D eigenvalue weighted by molar-refractivity contribution is 6.39. The van der Waals surface area contributed by atoms with E-state index in [1.807, 2.05) is 0 Å². The highest BCUT2D eigenvalue weighted by Crippen LogP contribution is 2.39. The van der Waals surface area contributed by atoms with Crippen LogP contribution in [-0.4, -0.2) is 42.7 Å². The minimum atomic E-state index is -0.331. The molecule has 2 fully saturated rings. The molecule has 3 atom stereocenters. The van der Waals surface area contributed by atoms with Gasteiger partial charge in [-0.1, -0.05) is 36.2 Å². The molecule has 2 aliphatic carbocycles. The number of imidazole rings is 1. The van der Waals surface area contributed by atoms with Gasteiger partial charge in [-0.2, -0.15) is 4.98 Å². The van der Waals surface area contributed by atoms with E-state index in [1.165, 1.54) is 0 Å². The molecule has 1 aromatic carbocycles. The van der Waals surface area contributed by atoms with Gasteiger partial charge >= 0.3 is 0 Å². The minimum absolute atomic E-state index is 0.0643. The van der Waals surface area contributed by atoms with Crippen molar-refractivity contribution in [1.29, 1.82) is 0 Å². The lowest BCUT2D eigenvalue weighted by atomic mass is 9.85. The molecule has 2 aromatic heterocycles. The highest BCUT2D eigenvalue weighted by Gasteiger charge is 2.30. The first-order chi connectivity index (χ1) is 17.3. The van der Waals surface area contributed by atoms with Gasteiger partial charge in [-0.15, -0.1) is 0 Å². The van der Waals surface area contributed by atoms with Crippen molar-refractivity contribution < 1.29 is 9.90 Å². The molecule has 2 saturated carbocycles. The van der Waals surface area contributed by atoms with E-state index in [2.05, 4.69) is 27.1 Å². The van der Waals surface area contributed by atoms with Crippen molar-refractivity contribution >= 4 is 57.9 Å². The SMILES string of the molecule is C[C@@H]1CC[C@@H](Nc2ncc3nc(Nc4c(Cl)cccc4Cl)n(C4CCC(C(N)=O)CC4)c3n2)C[C@H]1O. The zero-order valence-electron chi connectivity index (χ0n) is 20.1. The van der Waals surface area contributed by atoms with E-state index in [-0.39, 0.29) is 30.0 Å². The second-order valence-electron chi connectivity index (χ2n) is 10.0. The number of aromatic nitrogens is 4. The molecule has 0 unspecified atom stereocenters. The number of nitrogens with two attached hydrogens (primary N) is 1. The van der Waals surface area contributed by atoms with Crippen molar-refractivity contribution in [1.82, 2.24) is 19.5 Å². The number of aliphatic hydroxyl groups excluding tert-OH is 1. The third-order valence-electron chi connectivity index (χ3n) is 7.58. The Labute approximate surface area is 219 Å². The fourth-order valence-corrected chi connectivity index (χ4v) is 5.85. The Morgan fingerprint density at radius 3 is 2.50 bits per heavy atom. The predicted octanol–water partition coefficient (Wildman–Crippen LogP) is 5.05. The number of nitrogens with one attached hydrogen (secondary N) is 2. The summed E-state index contributed by atoms with van der Waals surface area (Å²) in [6.45, 7) is 2.08. The van der Waals surface area contributed by atoms with Crippen molar-refractivity contribution in [3.8, 4) is 0 Å². The van der Waals surface area contributed by atoms with Gasteiger partial charge in [0.25, 0.3) is 0 Å². The number of rotatable bonds is 6. The molecule has 0 spiro atoms. The van der Waals surface area contributed by atoms with Crippen LogP contribution in [0.5, 0.6) is 0 Å². The molecule has 5 N–H and O–H groups in total. The van der Waals surface area contributed by atoms with Gasteiger partial charge in [0.05, 0.1) is 28.0 Å². The van der Waals surface area contributed by atoms with Crippen LogP contribution < -0.4 is 16.4 Å². The average Bonchev–Trinajstić information content (AvgIpc) is 3.21. The normalized spacial score (nSPS) is 26.6. The number of halogens is 2. The van der Waals surface area contributed by atoms with Crippen LogP contribution in [-0.2, 0) is 4.79 Å². The van der Waals surface area contributed by atoms with Crippen LogP contribution in [0.3, 0.4) is 0 Å². The lowest BCUT2D eigenvalue weighted by Gasteiger charge is -2.31. The number of fused-ring (bicyclic) bond motifs is 1. The van der Waals surface area contributed by atoms with Crippen molar-refractivity contribution in [2.75, 3.05) is 10.6 Å². The molecule has 9 nitrogen and oxygen atoms in total. The summed E-state index contributed by atoms with van der Waals surface area (Å²) in [5, 5.41) is 18.0. The largest absolute Gasteiger partial charge is 0.393 e. The van der Waals surface area contributed by atoms with Crippen LogP contribution in [0, 0.1) is 11.8 Å². The fourth-order valence-electron chi connectivity index (χ4n) is 5.35. The maximum Gasteiger partial charge on any atom is 0.224 e. The second-order valence-corrected chi connectivity index (χ2v) is 10.9. The van der Waals surface area contributed by atoms with Crippen LogP contribution in [0.2, 0.25) is 10.0 Å². The fraction of sp³-hybridized carbons (Fsp3) is 0.520. The second kappa shape index (κ2) is 10.4. The van der Waals surface area contributed by atoms with Crippen LogP contribution in [0.15, 0.2) is 24.4 Å². The molecule has 0 saturated heterocycles. The summed E-state index contributed by atoms with van der Waals surface area (Å²) in [5.41, 5.74) is 7.46. The van der Waals surface area contributed by atoms with Gasteiger partial charge in [-0.25, -0.2) is 9.97 Å². The molecule has 2 heterocycles. The summed E-state index contributed by atoms with van der Waals surface area (Å²) in [6, 6.07) is 5.49. The van der Waals surface area contributed by atoms with E-state index in [4.69, 9.17) is 38.9 Å². The van der Waals surface area contributed by atoms with Gasteiger partial charge in [0.2, 0.25) is 17.8 Å². The summed E-state index contributed by atoms with van der Waals surface area (Å²) in [4.78, 5) is 25.9. The van der Waals surface area contributed by atoms with Crippen molar-refractivity contribution in [2.45, 2.75) is 70.1 Å². The number of carbonyl (C=O) groups excluding carboxylic acids is 1. The van der Waals surface area contributed by atoms with Gasteiger partial charge in [0.15, 0.2) is 5.65 Å². The summed E-state index contributed by atoms with van der Waals surface area (Å²) < 4.78 is 2.07. The number of amides is 1. The molecule has 5 rings (SSSR count). The average molecular weight is 532 g/mol. The van der Waals surface area contributed by atoms with Gasteiger partial charge in [0, 0.05) is 18.0 Å². The van der Waals surface area contributed by atoms with E-state index in [0.717, 1.165) is 25.7 Å². The Bertz CT molecular complexity index is 1240. The summed E-state index contributed by atoms with van der Waals surface area (Å²) >= 11 is 12.9. The van der Waals surface area contributed by atoms with Gasteiger partial charge < -0.3 is 21.5 Å². The molecular formula is C25H31Cl2N7O2. The van der Waals surface area contributed by atoms with Crippen molar-refractivity contribution in [3.63, 3.8) is 0 Å². The van der Waals surface area contributed by atoms with E-state index in [9.17, 15) is 9.90 Å². The lowest BCUT2D eigenvalue weighted by molar-refractivity contribution is -0.122. The summed E-state index contributed by atoms with van der Waals surface area (Å²) in [5.74, 6) is 1.01. The molecule has 2 aliphatic rings. The maximum atomic E-state index is 11.7. The molecular weight excluding hydrogens is 501 g/mol. The Balaban J connectivity index is 1.49. The monoisotopic (exact) mass is 531 g/mol. The van der Waals surface area contributed by atoms with Gasteiger partial charge in [-0.3, -0.25) is 9.36 Å². The number of nitrogens with zero attached hydrogens (tertiary/aromatic N) is 4. The van der Waals surface area contributed by atoms with E-state index < -0.39 is 0 Å². The number of primary amides is 1.